The van der Waals surface area contributed by atoms with Gasteiger partial charge in [0.15, 0.2) is 0 Å². The quantitative estimate of drug-likeness (QED) is 0.175. The molecule has 2 nitrogen and oxygen atoms in total. The molecule has 2 heterocycles. The van der Waals surface area contributed by atoms with Crippen LogP contribution in [0.15, 0.2) is 186 Å². The van der Waals surface area contributed by atoms with Gasteiger partial charge in [-0.1, -0.05) is 127 Å². The summed E-state index contributed by atoms with van der Waals surface area (Å²) in [6.07, 6.45) is 7.91. The third-order valence-electron chi connectivity index (χ3n) is 10.2. The second kappa shape index (κ2) is 12.3. The molecule has 0 amide bonds. The predicted molar refractivity (Wildman–Crippen MR) is 218 cm³/mol. The number of fused-ring (bicyclic) bond motifs is 6. The zero-order chi connectivity index (χ0) is 33.7. The fourth-order valence-corrected chi connectivity index (χ4v) is 8.84. The van der Waals surface area contributed by atoms with Crippen molar-refractivity contribution in [2.24, 2.45) is 0 Å². The summed E-state index contributed by atoms with van der Waals surface area (Å²) >= 11 is 1.87. The van der Waals surface area contributed by atoms with E-state index in [-0.39, 0.29) is 6.04 Å². The lowest BCUT2D eigenvalue weighted by atomic mass is 9.92. The second-order valence-corrected chi connectivity index (χ2v) is 14.3. The maximum atomic E-state index is 6.22. The van der Waals surface area contributed by atoms with Gasteiger partial charge in [-0.15, -0.1) is 11.3 Å². The number of rotatable bonds is 6. The summed E-state index contributed by atoms with van der Waals surface area (Å²) in [6.45, 7) is 0. The summed E-state index contributed by atoms with van der Waals surface area (Å²) in [7, 11) is 0. The van der Waals surface area contributed by atoms with Gasteiger partial charge in [-0.2, -0.15) is 0 Å². The minimum absolute atomic E-state index is 0.147. The van der Waals surface area contributed by atoms with E-state index in [9.17, 15) is 0 Å². The van der Waals surface area contributed by atoms with Gasteiger partial charge in [0.1, 0.15) is 11.2 Å². The average molecular weight is 672 g/mol. The highest BCUT2D eigenvalue weighted by Gasteiger charge is 2.23. The lowest BCUT2D eigenvalue weighted by molar-refractivity contribution is 0.669. The van der Waals surface area contributed by atoms with Gasteiger partial charge in [0.2, 0.25) is 0 Å². The van der Waals surface area contributed by atoms with Crippen LogP contribution in [0.1, 0.15) is 12.0 Å². The molecule has 1 unspecified atom stereocenters. The molecule has 0 saturated carbocycles. The Hall–Kier alpha value is -6.16. The predicted octanol–water partition coefficient (Wildman–Crippen LogP) is 13.8. The Morgan fingerprint density at radius 2 is 1.14 bits per heavy atom. The van der Waals surface area contributed by atoms with E-state index < -0.39 is 0 Å². The molecule has 51 heavy (non-hydrogen) atoms. The normalized spacial score (nSPS) is 14.4. The number of nitrogens with zero attached hydrogens (tertiary/aromatic N) is 1. The van der Waals surface area contributed by atoms with Crippen LogP contribution < -0.4 is 4.90 Å². The third-order valence-corrected chi connectivity index (χ3v) is 11.3. The topological polar surface area (TPSA) is 16.4 Å². The van der Waals surface area contributed by atoms with Crippen molar-refractivity contribution >= 4 is 70.4 Å². The Labute approximate surface area is 300 Å². The van der Waals surface area contributed by atoms with Gasteiger partial charge in [-0.25, -0.2) is 0 Å². The molecule has 0 spiro atoms. The van der Waals surface area contributed by atoms with Gasteiger partial charge in [0.05, 0.1) is 6.04 Å². The lowest BCUT2D eigenvalue weighted by Crippen LogP contribution is -2.30. The molecule has 0 saturated heterocycles. The molecule has 1 aliphatic carbocycles. The van der Waals surface area contributed by atoms with E-state index in [2.05, 4.69) is 175 Å². The molecule has 1 aliphatic rings. The molecule has 242 valence electrons. The molecule has 2 aromatic heterocycles. The molecule has 10 rings (SSSR count). The first-order chi connectivity index (χ1) is 25.3. The molecular formula is C48H33NOS. The zero-order valence-corrected chi connectivity index (χ0v) is 28.7. The van der Waals surface area contributed by atoms with Crippen LogP contribution in [0.4, 0.5) is 11.4 Å². The van der Waals surface area contributed by atoms with Crippen LogP contribution in [0.3, 0.4) is 0 Å². The minimum Gasteiger partial charge on any atom is -0.456 e. The lowest BCUT2D eigenvalue weighted by Gasteiger charge is -2.33. The van der Waals surface area contributed by atoms with Crippen molar-refractivity contribution in [3.63, 3.8) is 0 Å². The number of anilines is 2. The van der Waals surface area contributed by atoms with Gasteiger partial charge in [-0.3, -0.25) is 0 Å². The summed E-state index contributed by atoms with van der Waals surface area (Å²) in [5.41, 5.74) is 11.6. The molecule has 9 aromatic rings. The van der Waals surface area contributed by atoms with Crippen LogP contribution >= 0.6 is 11.3 Å². The van der Waals surface area contributed by atoms with Crippen molar-refractivity contribution in [3.8, 4) is 22.3 Å². The summed E-state index contributed by atoms with van der Waals surface area (Å²) in [5, 5.41) is 4.91. The molecular weight excluding hydrogens is 639 g/mol. The van der Waals surface area contributed by atoms with Crippen molar-refractivity contribution in [2.75, 3.05) is 4.90 Å². The average Bonchev–Trinajstić information content (AvgIpc) is 3.76. The van der Waals surface area contributed by atoms with Gasteiger partial charge in [0, 0.05) is 42.3 Å². The Morgan fingerprint density at radius 3 is 1.92 bits per heavy atom. The van der Waals surface area contributed by atoms with Crippen molar-refractivity contribution < 1.29 is 4.42 Å². The van der Waals surface area contributed by atoms with E-state index in [1.54, 1.807) is 0 Å². The zero-order valence-electron chi connectivity index (χ0n) is 27.9. The van der Waals surface area contributed by atoms with E-state index in [4.69, 9.17) is 4.42 Å². The van der Waals surface area contributed by atoms with Crippen LogP contribution in [0, 0.1) is 0 Å². The van der Waals surface area contributed by atoms with Crippen LogP contribution in [-0.2, 0) is 0 Å². The Kier molecular flexibility index (Phi) is 7.18. The summed E-state index contributed by atoms with van der Waals surface area (Å²) < 4.78 is 8.85. The fraction of sp³-hybridized carbons (Fsp3) is 0.0417. The monoisotopic (exact) mass is 671 g/mol. The summed E-state index contributed by atoms with van der Waals surface area (Å²) in [4.78, 5) is 2.48. The highest BCUT2D eigenvalue weighted by atomic mass is 32.1. The number of benzene rings is 7. The first-order valence-corrected chi connectivity index (χ1v) is 18.3. The first kappa shape index (κ1) is 29.7. The smallest absolute Gasteiger partial charge is 0.135 e. The van der Waals surface area contributed by atoms with Crippen LogP contribution in [0.2, 0.25) is 0 Å². The fourth-order valence-electron chi connectivity index (χ4n) is 7.71. The van der Waals surface area contributed by atoms with Crippen LogP contribution in [0.5, 0.6) is 0 Å². The number of allylic oxidation sites excluding steroid dienone is 2. The maximum Gasteiger partial charge on any atom is 0.135 e. The molecule has 3 heteroatoms. The van der Waals surface area contributed by atoms with E-state index in [0.29, 0.717) is 0 Å². The molecule has 1 atom stereocenters. The van der Waals surface area contributed by atoms with Crippen molar-refractivity contribution in [1.82, 2.24) is 0 Å². The van der Waals surface area contributed by atoms with E-state index in [1.807, 2.05) is 23.5 Å². The van der Waals surface area contributed by atoms with Gasteiger partial charge in [0.25, 0.3) is 0 Å². The Balaban J connectivity index is 1.09. The molecule has 0 radical (unpaired) electrons. The SMILES string of the molecule is C1=CC(N(c2ccc(-c3cc4sc5ccccc5c4cc3-c3ccccc3)cc2)c2ccc3oc4ccccc4c3c2)CC=C1c1ccccc1. The largest absolute Gasteiger partial charge is 0.456 e. The maximum absolute atomic E-state index is 6.22. The number of furan rings is 1. The van der Waals surface area contributed by atoms with E-state index in [0.717, 1.165) is 39.7 Å². The third kappa shape index (κ3) is 5.26. The highest BCUT2D eigenvalue weighted by Crippen LogP contribution is 2.43. The molecule has 0 fully saturated rings. The molecule has 0 aliphatic heterocycles. The van der Waals surface area contributed by atoms with Crippen LogP contribution in [-0.4, -0.2) is 6.04 Å². The van der Waals surface area contributed by atoms with Crippen molar-refractivity contribution in [2.45, 2.75) is 12.5 Å². The van der Waals surface area contributed by atoms with Gasteiger partial charge >= 0.3 is 0 Å². The van der Waals surface area contributed by atoms with Crippen molar-refractivity contribution in [3.05, 3.63) is 188 Å². The molecule has 7 aromatic carbocycles. The number of para-hydroxylation sites is 1. The first-order valence-electron chi connectivity index (χ1n) is 17.5. The highest BCUT2D eigenvalue weighted by molar-refractivity contribution is 7.25. The standard InChI is InChI=1S/C48H33NOS/c1-3-11-32(12-4-1)33-19-23-36(24-20-33)49(38-27-28-46-43(29-38)39-15-7-9-17-45(39)50-46)37-25-21-35(22-26-37)42-31-48-44(40-16-8-10-18-47(40)51-48)30-41(42)34-13-5-2-6-14-34/h1-23,25-31,36H,24H2. The second-order valence-electron chi connectivity index (χ2n) is 13.2. The summed E-state index contributed by atoms with van der Waals surface area (Å²) in [6, 6.07) is 59.2. The summed E-state index contributed by atoms with van der Waals surface area (Å²) in [5.74, 6) is 0. The molecule has 0 bridgehead atoms. The van der Waals surface area contributed by atoms with Crippen molar-refractivity contribution in [1.29, 1.82) is 0 Å². The van der Waals surface area contributed by atoms with Gasteiger partial charge in [-0.05, 0) is 94.4 Å². The Morgan fingerprint density at radius 1 is 0.490 bits per heavy atom. The molecule has 0 N–H and O–H groups in total. The number of hydrogen-bond donors (Lipinski definition) is 0. The van der Waals surface area contributed by atoms with Crippen LogP contribution in [0.25, 0.3) is 69.9 Å². The minimum atomic E-state index is 0.147. The Bertz CT molecular complexity index is 2770. The van der Waals surface area contributed by atoms with E-state index >= 15 is 0 Å². The number of thiophene rings is 1. The number of hydrogen-bond acceptors (Lipinski definition) is 3. The van der Waals surface area contributed by atoms with E-state index in [1.165, 1.54) is 53.6 Å². The van der Waals surface area contributed by atoms with Gasteiger partial charge < -0.3 is 9.32 Å².